The fourth-order valence-electron chi connectivity index (χ4n) is 2.99. The number of hydrogen-bond acceptors (Lipinski definition) is 0. The second-order valence-corrected chi connectivity index (χ2v) is 5.48. The zero-order chi connectivity index (χ0) is 13.0. The maximum absolute atomic E-state index is 13.6. The Bertz CT molecular complexity index is 398. The first-order chi connectivity index (χ1) is 8.70. The van der Waals surface area contributed by atoms with Crippen molar-refractivity contribution in [2.45, 2.75) is 58.3 Å². The second-order valence-electron chi connectivity index (χ2n) is 5.48. The standard InChI is InChI=1S/C16H22F2/c1-2-3-4-5-6-12-7-8-15-13(9-12)10-14(17)11-16(15)18/h10-12H,2-9H2,1H3. The van der Waals surface area contributed by atoms with Crippen LogP contribution in [0.5, 0.6) is 0 Å². The highest BCUT2D eigenvalue weighted by Crippen LogP contribution is 2.31. The van der Waals surface area contributed by atoms with Gasteiger partial charge in [0.2, 0.25) is 0 Å². The van der Waals surface area contributed by atoms with Crippen LogP contribution in [0.2, 0.25) is 0 Å². The van der Waals surface area contributed by atoms with E-state index in [1.54, 1.807) is 0 Å². The van der Waals surface area contributed by atoms with E-state index in [9.17, 15) is 8.78 Å². The van der Waals surface area contributed by atoms with Crippen molar-refractivity contribution in [3.05, 3.63) is 34.9 Å². The van der Waals surface area contributed by atoms with E-state index in [-0.39, 0.29) is 5.82 Å². The molecule has 100 valence electrons. The molecule has 1 aliphatic carbocycles. The highest BCUT2D eigenvalue weighted by Gasteiger charge is 2.21. The normalized spacial score (nSPS) is 18.7. The van der Waals surface area contributed by atoms with E-state index < -0.39 is 5.82 Å². The minimum absolute atomic E-state index is 0.352. The lowest BCUT2D eigenvalue weighted by Gasteiger charge is -2.25. The molecular weight excluding hydrogens is 230 g/mol. The van der Waals surface area contributed by atoms with E-state index in [2.05, 4.69) is 6.92 Å². The maximum atomic E-state index is 13.6. The quantitative estimate of drug-likeness (QED) is 0.644. The fraction of sp³-hybridized carbons (Fsp3) is 0.625. The summed E-state index contributed by atoms with van der Waals surface area (Å²) in [6.45, 7) is 2.21. The highest BCUT2D eigenvalue weighted by atomic mass is 19.1. The molecule has 1 unspecified atom stereocenters. The van der Waals surface area contributed by atoms with Gasteiger partial charge in [0.25, 0.3) is 0 Å². The van der Waals surface area contributed by atoms with Gasteiger partial charge in [0.1, 0.15) is 11.6 Å². The summed E-state index contributed by atoms with van der Waals surface area (Å²) in [5.41, 5.74) is 1.65. The summed E-state index contributed by atoms with van der Waals surface area (Å²) >= 11 is 0. The zero-order valence-corrected chi connectivity index (χ0v) is 11.1. The smallest absolute Gasteiger partial charge is 0.129 e. The van der Waals surface area contributed by atoms with Crippen LogP contribution in [0, 0.1) is 17.6 Å². The molecule has 1 aromatic carbocycles. The first-order valence-electron chi connectivity index (χ1n) is 7.17. The van der Waals surface area contributed by atoms with E-state index in [1.807, 2.05) is 0 Å². The Morgan fingerprint density at radius 2 is 2.00 bits per heavy atom. The molecule has 0 amide bonds. The molecule has 0 N–H and O–H groups in total. The molecule has 0 nitrogen and oxygen atoms in total. The SMILES string of the molecule is CCCCCCC1CCc2c(F)cc(F)cc2C1. The molecule has 0 radical (unpaired) electrons. The zero-order valence-electron chi connectivity index (χ0n) is 11.1. The summed E-state index contributed by atoms with van der Waals surface area (Å²) < 4.78 is 26.8. The van der Waals surface area contributed by atoms with Gasteiger partial charge in [0, 0.05) is 6.07 Å². The minimum atomic E-state index is -0.433. The largest absolute Gasteiger partial charge is 0.207 e. The van der Waals surface area contributed by atoms with Crippen molar-refractivity contribution >= 4 is 0 Å². The van der Waals surface area contributed by atoms with Gasteiger partial charge in [-0.25, -0.2) is 8.78 Å². The summed E-state index contributed by atoms with van der Waals surface area (Å²) in [7, 11) is 0. The monoisotopic (exact) mass is 252 g/mol. The molecule has 1 aliphatic rings. The molecule has 0 heterocycles. The average Bonchev–Trinajstić information content (AvgIpc) is 2.34. The van der Waals surface area contributed by atoms with Crippen LogP contribution in [0.1, 0.15) is 56.6 Å². The van der Waals surface area contributed by atoms with E-state index in [0.717, 1.165) is 36.5 Å². The Morgan fingerprint density at radius 1 is 1.17 bits per heavy atom. The molecule has 18 heavy (non-hydrogen) atoms. The van der Waals surface area contributed by atoms with Gasteiger partial charge in [-0.3, -0.25) is 0 Å². The lowest BCUT2D eigenvalue weighted by atomic mass is 9.81. The molecule has 0 saturated heterocycles. The minimum Gasteiger partial charge on any atom is -0.207 e. The number of benzene rings is 1. The predicted molar refractivity (Wildman–Crippen MR) is 70.6 cm³/mol. The van der Waals surface area contributed by atoms with Crippen molar-refractivity contribution in [2.24, 2.45) is 5.92 Å². The molecule has 1 aromatic rings. The van der Waals surface area contributed by atoms with Crippen molar-refractivity contribution in [3.8, 4) is 0 Å². The van der Waals surface area contributed by atoms with Crippen LogP contribution in [0.3, 0.4) is 0 Å². The van der Waals surface area contributed by atoms with Crippen molar-refractivity contribution in [3.63, 3.8) is 0 Å². The van der Waals surface area contributed by atoms with Crippen molar-refractivity contribution < 1.29 is 8.78 Å². The summed E-state index contributed by atoms with van der Waals surface area (Å²) in [5.74, 6) is -0.164. The number of unbranched alkanes of at least 4 members (excludes halogenated alkanes) is 3. The summed E-state index contributed by atoms with van der Waals surface area (Å²) in [5, 5.41) is 0. The molecule has 0 spiro atoms. The van der Waals surface area contributed by atoms with Gasteiger partial charge in [-0.05, 0) is 42.4 Å². The summed E-state index contributed by atoms with van der Waals surface area (Å²) in [6.07, 6.45) is 8.99. The van der Waals surface area contributed by atoms with E-state index >= 15 is 0 Å². The van der Waals surface area contributed by atoms with Gasteiger partial charge in [0.05, 0.1) is 0 Å². The Morgan fingerprint density at radius 3 is 2.78 bits per heavy atom. The Kier molecular flexibility index (Phi) is 4.73. The third kappa shape index (κ3) is 3.30. The van der Waals surface area contributed by atoms with Gasteiger partial charge in [0.15, 0.2) is 0 Å². The number of rotatable bonds is 5. The number of fused-ring (bicyclic) bond motifs is 1. The van der Waals surface area contributed by atoms with Crippen LogP contribution in [0.15, 0.2) is 12.1 Å². The van der Waals surface area contributed by atoms with Gasteiger partial charge in [-0.15, -0.1) is 0 Å². The lowest BCUT2D eigenvalue weighted by Crippen LogP contribution is -2.16. The van der Waals surface area contributed by atoms with Gasteiger partial charge in [-0.1, -0.05) is 39.0 Å². The Hall–Kier alpha value is -0.920. The highest BCUT2D eigenvalue weighted by molar-refractivity contribution is 5.32. The summed E-state index contributed by atoms with van der Waals surface area (Å²) in [6, 6.07) is 2.54. The molecule has 0 bridgehead atoms. The molecule has 2 heteroatoms. The van der Waals surface area contributed by atoms with Crippen LogP contribution in [-0.2, 0) is 12.8 Å². The Balaban J connectivity index is 1.93. The van der Waals surface area contributed by atoms with E-state index in [1.165, 1.54) is 38.2 Å². The average molecular weight is 252 g/mol. The Labute approximate surface area is 108 Å². The number of hydrogen-bond donors (Lipinski definition) is 0. The molecule has 2 rings (SSSR count). The molecule has 1 atom stereocenters. The molecule has 0 saturated carbocycles. The van der Waals surface area contributed by atoms with Crippen LogP contribution in [0.25, 0.3) is 0 Å². The molecule has 0 aliphatic heterocycles. The fourth-order valence-corrected chi connectivity index (χ4v) is 2.99. The van der Waals surface area contributed by atoms with Crippen LogP contribution >= 0.6 is 0 Å². The van der Waals surface area contributed by atoms with Gasteiger partial charge >= 0.3 is 0 Å². The lowest BCUT2D eigenvalue weighted by molar-refractivity contribution is 0.397. The number of halogens is 2. The van der Waals surface area contributed by atoms with E-state index in [0.29, 0.717) is 5.92 Å². The molecular formula is C16H22F2. The molecule has 0 aromatic heterocycles. The van der Waals surface area contributed by atoms with Crippen LogP contribution in [-0.4, -0.2) is 0 Å². The van der Waals surface area contributed by atoms with Crippen molar-refractivity contribution in [1.82, 2.24) is 0 Å². The topological polar surface area (TPSA) is 0 Å². The van der Waals surface area contributed by atoms with E-state index in [4.69, 9.17) is 0 Å². The third-order valence-corrected chi connectivity index (χ3v) is 4.03. The first kappa shape index (κ1) is 13.5. The maximum Gasteiger partial charge on any atom is 0.129 e. The van der Waals surface area contributed by atoms with Gasteiger partial charge < -0.3 is 0 Å². The second kappa shape index (κ2) is 6.31. The van der Waals surface area contributed by atoms with Gasteiger partial charge in [-0.2, -0.15) is 0 Å². The predicted octanol–water partition coefficient (Wildman–Crippen LogP) is 5.04. The third-order valence-electron chi connectivity index (χ3n) is 4.03. The molecule has 0 fully saturated rings. The van der Waals surface area contributed by atoms with Crippen LogP contribution < -0.4 is 0 Å². The van der Waals surface area contributed by atoms with Crippen molar-refractivity contribution in [2.75, 3.05) is 0 Å². The van der Waals surface area contributed by atoms with Crippen LogP contribution in [0.4, 0.5) is 8.78 Å². The first-order valence-corrected chi connectivity index (χ1v) is 7.17. The van der Waals surface area contributed by atoms with Crippen molar-refractivity contribution in [1.29, 1.82) is 0 Å². The summed E-state index contributed by atoms with van der Waals surface area (Å²) in [4.78, 5) is 0.